The summed E-state index contributed by atoms with van der Waals surface area (Å²) in [5.41, 5.74) is 6.62. The Labute approximate surface area is 123 Å². The maximum atomic E-state index is 3.63. The van der Waals surface area contributed by atoms with Crippen molar-refractivity contribution in [2.24, 2.45) is 0 Å². The standard InChI is InChI=1S/C12H16.C8H8/c1-5-6-12-10(3)7-9(2)8-11(12)4;1-2-8-6-4-3-5-7-8/h5-8H,1-4H3;2-7H,1H2. The number of allylic oxidation sites excluding steroid dienone is 1. The number of benzene rings is 2. The second kappa shape index (κ2) is 8.16. The van der Waals surface area contributed by atoms with Gasteiger partial charge >= 0.3 is 0 Å². The zero-order chi connectivity index (χ0) is 15.0. The molecule has 0 unspecified atom stereocenters. The molecule has 0 nitrogen and oxygen atoms in total. The zero-order valence-corrected chi connectivity index (χ0v) is 13.0. The average Bonchev–Trinajstić information content (AvgIpc) is 2.44. The lowest BCUT2D eigenvalue weighted by Crippen LogP contribution is -1.87. The van der Waals surface area contributed by atoms with Crippen LogP contribution in [0, 0.1) is 20.8 Å². The summed E-state index contributed by atoms with van der Waals surface area (Å²) >= 11 is 0. The highest BCUT2D eigenvalue weighted by Gasteiger charge is 1.98. The number of rotatable bonds is 2. The van der Waals surface area contributed by atoms with Gasteiger partial charge in [-0.15, -0.1) is 0 Å². The lowest BCUT2D eigenvalue weighted by Gasteiger charge is -2.06. The Kier molecular flexibility index (Phi) is 6.52. The Balaban J connectivity index is 0.000000217. The first-order chi connectivity index (χ1) is 9.58. The van der Waals surface area contributed by atoms with Gasteiger partial charge in [-0.05, 0) is 49.9 Å². The normalized spacial score (nSPS) is 10.0. The molecule has 2 rings (SSSR count). The monoisotopic (exact) mass is 264 g/mol. The molecule has 0 saturated carbocycles. The molecule has 0 aliphatic carbocycles. The Morgan fingerprint density at radius 3 is 1.85 bits per heavy atom. The fraction of sp³-hybridized carbons (Fsp3) is 0.200. The van der Waals surface area contributed by atoms with E-state index in [0.717, 1.165) is 0 Å². The van der Waals surface area contributed by atoms with Crippen LogP contribution in [0.2, 0.25) is 0 Å². The molecule has 2 aromatic carbocycles. The van der Waals surface area contributed by atoms with Gasteiger partial charge in [0.05, 0.1) is 0 Å². The van der Waals surface area contributed by atoms with Crippen molar-refractivity contribution in [2.75, 3.05) is 0 Å². The molecule has 104 valence electrons. The van der Waals surface area contributed by atoms with E-state index >= 15 is 0 Å². The summed E-state index contributed by atoms with van der Waals surface area (Å²) in [6, 6.07) is 14.5. The van der Waals surface area contributed by atoms with E-state index in [1.165, 1.54) is 27.8 Å². The molecule has 0 radical (unpaired) electrons. The topological polar surface area (TPSA) is 0 Å². The summed E-state index contributed by atoms with van der Waals surface area (Å²) in [5.74, 6) is 0. The minimum absolute atomic E-state index is 1.17. The molecule has 2 aromatic rings. The van der Waals surface area contributed by atoms with E-state index < -0.39 is 0 Å². The van der Waals surface area contributed by atoms with Crippen molar-refractivity contribution < 1.29 is 0 Å². The molecule has 0 atom stereocenters. The molecular formula is C20H24. The molecule has 0 bridgehead atoms. The van der Waals surface area contributed by atoms with E-state index in [1.54, 1.807) is 0 Å². The number of hydrogen-bond acceptors (Lipinski definition) is 0. The van der Waals surface area contributed by atoms with Crippen molar-refractivity contribution in [1.82, 2.24) is 0 Å². The summed E-state index contributed by atoms with van der Waals surface area (Å²) < 4.78 is 0. The Hall–Kier alpha value is -2.08. The van der Waals surface area contributed by atoms with Crippen LogP contribution in [-0.2, 0) is 0 Å². The van der Waals surface area contributed by atoms with Crippen LogP contribution in [0.3, 0.4) is 0 Å². The lowest BCUT2D eigenvalue weighted by molar-refractivity contribution is 1.30. The molecule has 0 amide bonds. The molecule has 0 heteroatoms. The summed E-state index contributed by atoms with van der Waals surface area (Å²) in [4.78, 5) is 0. The largest absolute Gasteiger partial charge is 0.0985 e. The maximum Gasteiger partial charge on any atom is -0.0201 e. The van der Waals surface area contributed by atoms with E-state index in [4.69, 9.17) is 0 Å². The van der Waals surface area contributed by atoms with Gasteiger partial charge in [-0.1, -0.05) is 72.8 Å². The van der Waals surface area contributed by atoms with Crippen LogP contribution in [0.25, 0.3) is 12.2 Å². The summed E-state index contributed by atoms with van der Waals surface area (Å²) in [6.45, 7) is 12.1. The molecule has 0 saturated heterocycles. The summed E-state index contributed by atoms with van der Waals surface area (Å²) in [5, 5.41) is 0. The van der Waals surface area contributed by atoms with Crippen molar-refractivity contribution in [3.63, 3.8) is 0 Å². The number of hydrogen-bond donors (Lipinski definition) is 0. The van der Waals surface area contributed by atoms with Crippen LogP contribution in [0.4, 0.5) is 0 Å². The third-order valence-corrected chi connectivity index (χ3v) is 3.11. The molecule has 0 spiro atoms. The van der Waals surface area contributed by atoms with Crippen molar-refractivity contribution >= 4 is 12.2 Å². The van der Waals surface area contributed by atoms with Crippen molar-refractivity contribution in [3.05, 3.63) is 82.9 Å². The lowest BCUT2D eigenvalue weighted by atomic mass is 10.00. The van der Waals surface area contributed by atoms with Gasteiger partial charge in [-0.2, -0.15) is 0 Å². The van der Waals surface area contributed by atoms with Crippen LogP contribution in [0.15, 0.2) is 55.1 Å². The average molecular weight is 264 g/mol. The van der Waals surface area contributed by atoms with Crippen LogP contribution in [0.5, 0.6) is 0 Å². The molecule has 0 heterocycles. The molecular weight excluding hydrogens is 240 g/mol. The van der Waals surface area contributed by atoms with Crippen LogP contribution >= 0.6 is 0 Å². The first kappa shape index (κ1) is 16.0. The van der Waals surface area contributed by atoms with Gasteiger partial charge in [0.15, 0.2) is 0 Å². The molecule has 0 fully saturated rings. The van der Waals surface area contributed by atoms with Gasteiger partial charge in [-0.3, -0.25) is 0 Å². The quantitative estimate of drug-likeness (QED) is 0.626. The first-order valence-electron chi connectivity index (χ1n) is 6.96. The predicted octanol–water partition coefficient (Wildman–Crippen LogP) is 5.97. The highest BCUT2D eigenvalue weighted by molar-refractivity contribution is 5.58. The van der Waals surface area contributed by atoms with Gasteiger partial charge in [-0.25, -0.2) is 0 Å². The van der Waals surface area contributed by atoms with E-state index in [1.807, 2.05) is 36.4 Å². The molecule has 0 aliphatic heterocycles. The van der Waals surface area contributed by atoms with Gasteiger partial charge in [0.25, 0.3) is 0 Å². The second-order valence-electron chi connectivity index (χ2n) is 4.93. The summed E-state index contributed by atoms with van der Waals surface area (Å²) in [7, 11) is 0. The third-order valence-electron chi connectivity index (χ3n) is 3.11. The zero-order valence-electron chi connectivity index (χ0n) is 13.0. The van der Waals surface area contributed by atoms with Crippen molar-refractivity contribution in [1.29, 1.82) is 0 Å². The van der Waals surface area contributed by atoms with Crippen LogP contribution in [0.1, 0.15) is 34.7 Å². The van der Waals surface area contributed by atoms with Gasteiger partial charge in [0.2, 0.25) is 0 Å². The fourth-order valence-corrected chi connectivity index (χ4v) is 2.21. The second-order valence-corrected chi connectivity index (χ2v) is 4.93. The van der Waals surface area contributed by atoms with E-state index in [2.05, 4.69) is 58.6 Å². The van der Waals surface area contributed by atoms with Crippen LogP contribution < -0.4 is 0 Å². The molecule has 0 aromatic heterocycles. The van der Waals surface area contributed by atoms with E-state index in [9.17, 15) is 0 Å². The highest BCUT2D eigenvalue weighted by atomic mass is 14.0. The van der Waals surface area contributed by atoms with Gasteiger partial charge in [0.1, 0.15) is 0 Å². The van der Waals surface area contributed by atoms with Gasteiger partial charge in [0, 0.05) is 0 Å². The fourth-order valence-electron chi connectivity index (χ4n) is 2.21. The third kappa shape index (κ3) is 4.89. The van der Waals surface area contributed by atoms with Crippen LogP contribution in [-0.4, -0.2) is 0 Å². The van der Waals surface area contributed by atoms with E-state index in [0.29, 0.717) is 0 Å². The van der Waals surface area contributed by atoms with Crippen molar-refractivity contribution in [2.45, 2.75) is 27.7 Å². The Morgan fingerprint density at radius 2 is 1.45 bits per heavy atom. The maximum absolute atomic E-state index is 3.63. The van der Waals surface area contributed by atoms with E-state index in [-0.39, 0.29) is 0 Å². The Morgan fingerprint density at radius 1 is 0.900 bits per heavy atom. The molecule has 0 aliphatic rings. The molecule has 0 N–H and O–H groups in total. The summed E-state index contributed by atoms with van der Waals surface area (Å²) in [6.07, 6.45) is 6.09. The molecule has 20 heavy (non-hydrogen) atoms. The first-order valence-corrected chi connectivity index (χ1v) is 6.96. The van der Waals surface area contributed by atoms with Gasteiger partial charge < -0.3 is 0 Å². The Bertz CT molecular complexity index is 551. The minimum atomic E-state index is 1.17. The van der Waals surface area contributed by atoms with Crippen molar-refractivity contribution in [3.8, 4) is 0 Å². The predicted molar refractivity (Wildman–Crippen MR) is 91.9 cm³/mol. The SMILES string of the molecule is C=Cc1ccccc1.CC=Cc1c(C)cc(C)cc1C. The smallest absolute Gasteiger partial charge is 0.0201 e. The highest BCUT2D eigenvalue weighted by Crippen LogP contribution is 2.17. The number of aryl methyl sites for hydroxylation is 3. The minimum Gasteiger partial charge on any atom is -0.0985 e.